The summed E-state index contributed by atoms with van der Waals surface area (Å²) in [5.74, 6) is 0.580. The Bertz CT molecular complexity index is 615. The van der Waals surface area contributed by atoms with E-state index in [0.717, 1.165) is 24.2 Å². The number of esters is 1. The third-order valence-electron chi connectivity index (χ3n) is 3.31. The third kappa shape index (κ3) is 6.39. The highest BCUT2D eigenvalue weighted by Gasteiger charge is 1.97. The van der Waals surface area contributed by atoms with Crippen LogP contribution in [-0.2, 0) is 22.6 Å². The molecule has 0 aliphatic carbocycles. The molecule has 0 aliphatic rings. The first-order valence-electron chi connectivity index (χ1n) is 7.87. The maximum atomic E-state index is 11.2. The number of hydrogen-bond acceptors (Lipinski definition) is 3. The zero-order valence-corrected chi connectivity index (χ0v) is 13.4. The highest BCUT2D eigenvalue weighted by atomic mass is 16.5. The van der Waals surface area contributed by atoms with Crippen LogP contribution >= 0.6 is 0 Å². The van der Waals surface area contributed by atoms with Gasteiger partial charge in [0.2, 0.25) is 0 Å². The summed E-state index contributed by atoms with van der Waals surface area (Å²) in [7, 11) is 0. The molecule has 0 saturated carbocycles. The average molecular weight is 310 g/mol. The van der Waals surface area contributed by atoms with Crippen LogP contribution in [0.25, 0.3) is 0 Å². The summed E-state index contributed by atoms with van der Waals surface area (Å²) in [5, 5.41) is 0. The van der Waals surface area contributed by atoms with Crippen LogP contribution in [0.3, 0.4) is 0 Å². The van der Waals surface area contributed by atoms with E-state index in [1.165, 1.54) is 11.6 Å². The lowest BCUT2D eigenvalue weighted by atomic mass is 10.1. The molecule has 0 N–H and O–H groups in total. The van der Waals surface area contributed by atoms with E-state index in [1.54, 1.807) is 6.92 Å². The standard InChI is InChI=1S/C20H22O3/c1-2-22-20(21)11-7-6-8-17-12-14-19(15-13-17)23-16-18-9-4-3-5-10-18/h3-5,7,9-15H,2,6,8,16H2,1H3/b11-7+. The van der Waals surface area contributed by atoms with Gasteiger partial charge in [-0.3, -0.25) is 0 Å². The SMILES string of the molecule is CCOC(=O)/C=C/CCc1ccc(OCc2ccccc2)cc1. The molecule has 0 heterocycles. The van der Waals surface area contributed by atoms with Gasteiger partial charge in [0.15, 0.2) is 0 Å². The fourth-order valence-corrected chi connectivity index (χ4v) is 2.11. The van der Waals surface area contributed by atoms with Crippen LogP contribution in [0.4, 0.5) is 0 Å². The van der Waals surface area contributed by atoms with Gasteiger partial charge >= 0.3 is 5.97 Å². The summed E-state index contributed by atoms with van der Waals surface area (Å²) in [5.41, 5.74) is 2.37. The van der Waals surface area contributed by atoms with E-state index >= 15 is 0 Å². The topological polar surface area (TPSA) is 35.5 Å². The molecular formula is C20H22O3. The fraction of sp³-hybridized carbons (Fsp3) is 0.250. The molecule has 0 fully saturated rings. The number of carbonyl (C=O) groups is 1. The van der Waals surface area contributed by atoms with Crippen molar-refractivity contribution in [3.05, 3.63) is 77.9 Å². The molecule has 2 aromatic rings. The molecule has 0 atom stereocenters. The normalized spacial score (nSPS) is 10.7. The second-order valence-electron chi connectivity index (χ2n) is 5.11. The summed E-state index contributed by atoms with van der Waals surface area (Å²) >= 11 is 0. The van der Waals surface area contributed by atoms with Crippen molar-refractivity contribution in [1.82, 2.24) is 0 Å². The van der Waals surface area contributed by atoms with Gasteiger partial charge in [0.25, 0.3) is 0 Å². The smallest absolute Gasteiger partial charge is 0.330 e. The number of benzene rings is 2. The Kier molecular flexibility index (Phi) is 6.92. The highest BCUT2D eigenvalue weighted by molar-refractivity contribution is 5.81. The zero-order chi connectivity index (χ0) is 16.3. The molecule has 0 saturated heterocycles. The minimum Gasteiger partial charge on any atom is -0.489 e. The van der Waals surface area contributed by atoms with Crippen molar-refractivity contribution in [2.24, 2.45) is 0 Å². The van der Waals surface area contributed by atoms with E-state index < -0.39 is 0 Å². The predicted molar refractivity (Wildman–Crippen MR) is 91.3 cm³/mol. The second-order valence-corrected chi connectivity index (χ2v) is 5.11. The highest BCUT2D eigenvalue weighted by Crippen LogP contribution is 2.15. The quantitative estimate of drug-likeness (QED) is 0.538. The lowest BCUT2D eigenvalue weighted by molar-refractivity contribution is -0.137. The molecule has 2 aromatic carbocycles. The number of allylic oxidation sites excluding steroid dienone is 1. The van der Waals surface area contributed by atoms with Crippen molar-refractivity contribution >= 4 is 5.97 Å². The summed E-state index contributed by atoms with van der Waals surface area (Å²) in [4.78, 5) is 11.2. The number of ether oxygens (including phenoxy) is 2. The third-order valence-corrected chi connectivity index (χ3v) is 3.31. The first-order chi connectivity index (χ1) is 11.3. The second kappa shape index (κ2) is 9.46. The molecule has 0 unspecified atom stereocenters. The van der Waals surface area contributed by atoms with E-state index in [-0.39, 0.29) is 5.97 Å². The van der Waals surface area contributed by atoms with Gasteiger partial charge in [0.05, 0.1) is 6.61 Å². The first kappa shape index (κ1) is 16.8. The van der Waals surface area contributed by atoms with Gasteiger partial charge in [0.1, 0.15) is 12.4 Å². The Hall–Kier alpha value is -2.55. The number of aryl methyl sites for hydroxylation is 1. The molecule has 2 rings (SSSR count). The molecule has 0 aromatic heterocycles. The van der Waals surface area contributed by atoms with E-state index in [0.29, 0.717) is 13.2 Å². The van der Waals surface area contributed by atoms with Gasteiger partial charge in [-0.25, -0.2) is 4.79 Å². The van der Waals surface area contributed by atoms with Crippen LogP contribution in [0.2, 0.25) is 0 Å². The maximum Gasteiger partial charge on any atom is 0.330 e. The fourth-order valence-electron chi connectivity index (χ4n) is 2.11. The Morgan fingerprint density at radius 3 is 2.43 bits per heavy atom. The van der Waals surface area contributed by atoms with Crippen LogP contribution in [0.15, 0.2) is 66.7 Å². The van der Waals surface area contributed by atoms with Gasteiger partial charge in [-0.05, 0) is 43.0 Å². The van der Waals surface area contributed by atoms with Crippen molar-refractivity contribution in [1.29, 1.82) is 0 Å². The Morgan fingerprint density at radius 2 is 1.74 bits per heavy atom. The molecule has 0 spiro atoms. The lowest BCUT2D eigenvalue weighted by Crippen LogP contribution is -1.98. The number of hydrogen-bond donors (Lipinski definition) is 0. The van der Waals surface area contributed by atoms with E-state index in [1.807, 2.05) is 48.5 Å². The summed E-state index contributed by atoms with van der Waals surface area (Å²) in [6.07, 6.45) is 5.02. The minimum absolute atomic E-state index is 0.280. The summed E-state index contributed by atoms with van der Waals surface area (Å²) in [6.45, 7) is 2.78. The van der Waals surface area contributed by atoms with Crippen molar-refractivity contribution < 1.29 is 14.3 Å². The van der Waals surface area contributed by atoms with Crippen LogP contribution in [0.1, 0.15) is 24.5 Å². The van der Waals surface area contributed by atoms with Gasteiger partial charge in [0, 0.05) is 6.08 Å². The van der Waals surface area contributed by atoms with Crippen LogP contribution in [-0.4, -0.2) is 12.6 Å². The van der Waals surface area contributed by atoms with E-state index in [2.05, 4.69) is 12.1 Å². The Balaban J connectivity index is 1.75. The van der Waals surface area contributed by atoms with E-state index in [4.69, 9.17) is 9.47 Å². The maximum absolute atomic E-state index is 11.2. The molecule has 0 aliphatic heterocycles. The molecule has 0 bridgehead atoms. The van der Waals surface area contributed by atoms with Gasteiger partial charge < -0.3 is 9.47 Å². The van der Waals surface area contributed by atoms with Gasteiger partial charge in [-0.1, -0.05) is 48.5 Å². The minimum atomic E-state index is -0.280. The van der Waals surface area contributed by atoms with Gasteiger partial charge in [-0.15, -0.1) is 0 Å². The largest absolute Gasteiger partial charge is 0.489 e. The molecule has 3 nitrogen and oxygen atoms in total. The number of carbonyl (C=O) groups excluding carboxylic acids is 1. The van der Waals surface area contributed by atoms with Crippen LogP contribution in [0.5, 0.6) is 5.75 Å². The molecule has 120 valence electrons. The Labute approximate surface area is 137 Å². The molecule has 23 heavy (non-hydrogen) atoms. The van der Waals surface area contributed by atoms with E-state index in [9.17, 15) is 4.79 Å². The van der Waals surface area contributed by atoms with Crippen LogP contribution < -0.4 is 4.74 Å². The molecule has 0 radical (unpaired) electrons. The van der Waals surface area contributed by atoms with Crippen molar-refractivity contribution in [2.75, 3.05) is 6.61 Å². The monoisotopic (exact) mass is 310 g/mol. The molecular weight excluding hydrogens is 288 g/mol. The summed E-state index contributed by atoms with van der Waals surface area (Å²) < 4.78 is 10.6. The molecule has 0 amide bonds. The Morgan fingerprint density at radius 1 is 1.00 bits per heavy atom. The van der Waals surface area contributed by atoms with Crippen LogP contribution in [0, 0.1) is 0 Å². The average Bonchev–Trinajstić information content (AvgIpc) is 2.59. The van der Waals surface area contributed by atoms with Gasteiger partial charge in [-0.2, -0.15) is 0 Å². The summed E-state index contributed by atoms with van der Waals surface area (Å²) in [6, 6.07) is 18.2. The predicted octanol–water partition coefficient (Wildman–Crippen LogP) is 4.32. The molecule has 3 heteroatoms. The van der Waals surface area contributed by atoms with Crippen molar-refractivity contribution in [3.63, 3.8) is 0 Å². The zero-order valence-electron chi connectivity index (χ0n) is 13.4. The van der Waals surface area contributed by atoms with Crippen molar-refractivity contribution in [2.45, 2.75) is 26.4 Å². The first-order valence-corrected chi connectivity index (χ1v) is 7.87. The number of rotatable bonds is 8. The lowest BCUT2D eigenvalue weighted by Gasteiger charge is -2.07. The van der Waals surface area contributed by atoms with Crippen molar-refractivity contribution in [3.8, 4) is 5.75 Å².